The molecule has 4 heteroatoms. The van der Waals surface area contributed by atoms with Crippen LogP contribution in [0.25, 0.3) is 11.6 Å². The van der Waals surface area contributed by atoms with Crippen LogP contribution in [0.5, 0.6) is 0 Å². The second kappa shape index (κ2) is 8.89. The van der Waals surface area contributed by atoms with E-state index in [9.17, 15) is 5.26 Å². The van der Waals surface area contributed by atoms with E-state index in [-0.39, 0.29) is 0 Å². The van der Waals surface area contributed by atoms with Crippen LogP contribution in [0.2, 0.25) is 5.02 Å². The Morgan fingerprint density at radius 2 is 1.77 bits per heavy atom. The van der Waals surface area contributed by atoms with Crippen molar-refractivity contribution in [3.8, 4) is 6.07 Å². The van der Waals surface area contributed by atoms with Gasteiger partial charge in [0.15, 0.2) is 0 Å². The molecule has 0 saturated carbocycles. The van der Waals surface area contributed by atoms with Crippen LogP contribution in [0.4, 0.5) is 5.69 Å². The molecule has 0 amide bonds. The van der Waals surface area contributed by atoms with Crippen molar-refractivity contribution >= 4 is 28.9 Å². The fourth-order valence-electron chi connectivity index (χ4n) is 3.34. The first-order valence-electron chi connectivity index (χ1n) is 9.15. The Bertz CT molecular complexity index is 797. The number of anilines is 1. The standard InChI is InChI=1S/C22H24ClN3/c1-2-11-25-12-14-26(15-13-25)20-9-7-18(8-10-20)16-19(17-24)21-5-3-4-6-22(21)23/h3-10,16H,2,11-15H2,1H3. The second-order valence-corrected chi connectivity index (χ2v) is 6.98. The van der Waals surface area contributed by atoms with E-state index in [1.807, 2.05) is 30.3 Å². The molecule has 26 heavy (non-hydrogen) atoms. The van der Waals surface area contributed by atoms with Gasteiger partial charge < -0.3 is 4.90 Å². The number of nitrogens with zero attached hydrogens (tertiary/aromatic N) is 3. The van der Waals surface area contributed by atoms with Crippen molar-refractivity contribution in [2.24, 2.45) is 0 Å². The molecule has 1 aliphatic rings. The minimum absolute atomic E-state index is 0.580. The number of allylic oxidation sites excluding steroid dienone is 1. The highest BCUT2D eigenvalue weighted by Gasteiger charge is 2.16. The van der Waals surface area contributed by atoms with Crippen molar-refractivity contribution in [2.75, 3.05) is 37.6 Å². The summed E-state index contributed by atoms with van der Waals surface area (Å²) in [6.07, 6.45) is 3.11. The lowest BCUT2D eigenvalue weighted by molar-refractivity contribution is 0.258. The summed E-state index contributed by atoms with van der Waals surface area (Å²) in [7, 11) is 0. The molecule has 0 spiro atoms. The molecule has 2 aromatic rings. The average Bonchev–Trinajstić information content (AvgIpc) is 2.68. The van der Waals surface area contributed by atoms with Crippen molar-refractivity contribution in [3.63, 3.8) is 0 Å². The van der Waals surface area contributed by atoms with E-state index in [4.69, 9.17) is 11.6 Å². The third-order valence-corrected chi connectivity index (χ3v) is 5.10. The van der Waals surface area contributed by atoms with E-state index in [1.54, 1.807) is 0 Å². The van der Waals surface area contributed by atoms with Crippen molar-refractivity contribution in [1.29, 1.82) is 5.26 Å². The van der Waals surface area contributed by atoms with Gasteiger partial charge in [-0.25, -0.2) is 0 Å². The van der Waals surface area contributed by atoms with Gasteiger partial charge in [-0.2, -0.15) is 5.26 Å². The highest BCUT2D eigenvalue weighted by atomic mass is 35.5. The van der Waals surface area contributed by atoms with Crippen molar-refractivity contribution in [1.82, 2.24) is 4.90 Å². The number of piperazine rings is 1. The smallest absolute Gasteiger partial charge is 0.0998 e. The first kappa shape index (κ1) is 18.5. The number of benzene rings is 2. The molecule has 0 bridgehead atoms. The zero-order valence-corrected chi connectivity index (χ0v) is 15.9. The Labute approximate surface area is 161 Å². The number of halogens is 1. The van der Waals surface area contributed by atoms with Gasteiger partial charge in [0.05, 0.1) is 11.6 Å². The maximum atomic E-state index is 9.50. The Balaban J connectivity index is 1.72. The Morgan fingerprint density at radius 1 is 1.08 bits per heavy atom. The molecule has 0 atom stereocenters. The largest absolute Gasteiger partial charge is 0.369 e. The van der Waals surface area contributed by atoms with Crippen LogP contribution in [0.15, 0.2) is 48.5 Å². The molecular weight excluding hydrogens is 342 g/mol. The van der Waals surface area contributed by atoms with Gasteiger partial charge in [-0.05, 0) is 42.8 Å². The molecular formula is C22H24ClN3. The lowest BCUT2D eigenvalue weighted by Crippen LogP contribution is -2.46. The fourth-order valence-corrected chi connectivity index (χ4v) is 3.58. The van der Waals surface area contributed by atoms with E-state index in [0.29, 0.717) is 10.6 Å². The molecule has 2 aromatic carbocycles. The third kappa shape index (κ3) is 4.46. The van der Waals surface area contributed by atoms with Crippen LogP contribution in [-0.4, -0.2) is 37.6 Å². The molecule has 0 unspecified atom stereocenters. The summed E-state index contributed by atoms with van der Waals surface area (Å²) in [4.78, 5) is 4.95. The summed E-state index contributed by atoms with van der Waals surface area (Å²) in [5.41, 5.74) is 3.61. The second-order valence-electron chi connectivity index (χ2n) is 6.57. The highest BCUT2D eigenvalue weighted by Crippen LogP contribution is 2.26. The SMILES string of the molecule is CCCN1CCN(c2ccc(C=C(C#N)c3ccccc3Cl)cc2)CC1. The first-order chi connectivity index (χ1) is 12.7. The maximum Gasteiger partial charge on any atom is 0.0998 e. The van der Waals surface area contributed by atoms with Gasteiger partial charge in [-0.3, -0.25) is 4.90 Å². The van der Waals surface area contributed by atoms with E-state index in [2.05, 4.69) is 47.1 Å². The van der Waals surface area contributed by atoms with E-state index >= 15 is 0 Å². The summed E-state index contributed by atoms with van der Waals surface area (Å²) in [6, 6.07) is 18.1. The van der Waals surface area contributed by atoms with Gasteiger partial charge in [-0.15, -0.1) is 0 Å². The molecule has 0 aliphatic carbocycles. The molecule has 3 nitrogen and oxygen atoms in total. The molecule has 0 N–H and O–H groups in total. The van der Waals surface area contributed by atoms with Crippen LogP contribution in [-0.2, 0) is 0 Å². The minimum atomic E-state index is 0.580. The van der Waals surface area contributed by atoms with Gasteiger partial charge in [0, 0.05) is 42.5 Å². The number of rotatable bonds is 5. The summed E-state index contributed by atoms with van der Waals surface area (Å²) < 4.78 is 0. The lowest BCUT2D eigenvalue weighted by atomic mass is 10.0. The van der Waals surface area contributed by atoms with Gasteiger partial charge in [-0.1, -0.05) is 48.9 Å². The average molecular weight is 366 g/mol. The predicted molar refractivity (Wildman–Crippen MR) is 110 cm³/mol. The third-order valence-electron chi connectivity index (χ3n) is 4.77. The maximum absolute atomic E-state index is 9.50. The van der Waals surface area contributed by atoms with Crippen molar-refractivity contribution < 1.29 is 0 Å². The number of hydrogen-bond donors (Lipinski definition) is 0. The summed E-state index contributed by atoms with van der Waals surface area (Å²) in [5, 5.41) is 10.1. The Kier molecular flexibility index (Phi) is 6.33. The summed E-state index contributed by atoms with van der Waals surface area (Å²) >= 11 is 6.22. The van der Waals surface area contributed by atoms with Crippen LogP contribution < -0.4 is 4.90 Å². The zero-order chi connectivity index (χ0) is 18.4. The van der Waals surface area contributed by atoms with Gasteiger partial charge >= 0.3 is 0 Å². The molecule has 3 rings (SSSR count). The van der Waals surface area contributed by atoms with Gasteiger partial charge in [0.1, 0.15) is 0 Å². The Morgan fingerprint density at radius 3 is 2.38 bits per heavy atom. The van der Waals surface area contributed by atoms with E-state index in [0.717, 1.165) is 37.3 Å². The molecule has 0 aromatic heterocycles. The molecule has 134 valence electrons. The Hall–Kier alpha value is -2.28. The summed E-state index contributed by atoms with van der Waals surface area (Å²) in [5.74, 6) is 0. The van der Waals surface area contributed by atoms with Crippen LogP contribution >= 0.6 is 11.6 Å². The van der Waals surface area contributed by atoms with Crippen LogP contribution in [0.3, 0.4) is 0 Å². The van der Waals surface area contributed by atoms with Crippen molar-refractivity contribution in [2.45, 2.75) is 13.3 Å². The van der Waals surface area contributed by atoms with Crippen LogP contribution in [0.1, 0.15) is 24.5 Å². The molecule has 1 fully saturated rings. The quantitative estimate of drug-likeness (QED) is 0.555. The molecule has 1 aliphatic heterocycles. The highest BCUT2D eigenvalue weighted by molar-refractivity contribution is 6.32. The fraction of sp³-hybridized carbons (Fsp3) is 0.318. The minimum Gasteiger partial charge on any atom is -0.369 e. The molecule has 1 saturated heterocycles. The van der Waals surface area contributed by atoms with Crippen LogP contribution in [0, 0.1) is 11.3 Å². The van der Waals surface area contributed by atoms with Crippen molar-refractivity contribution in [3.05, 3.63) is 64.7 Å². The number of hydrogen-bond acceptors (Lipinski definition) is 3. The summed E-state index contributed by atoms with van der Waals surface area (Å²) in [6.45, 7) is 7.81. The van der Waals surface area contributed by atoms with Gasteiger partial charge in [0.25, 0.3) is 0 Å². The first-order valence-corrected chi connectivity index (χ1v) is 9.53. The van der Waals surface area contributed by atoms with Gasteiger partial charge in [0.2, 0.25) is 0 Å². The zero-order valence-electron chi connectivity index (χ0n) is 15.2. The predicted octanol–water partition coefficient (Wildman–Crippen LogP) is 4.94. The topological polar surface area (TPSA) is 30.3 Å². The molecule has 1 heterocycles. The normalized spacial score (nSPS) is 15.7. The monoisotopic (exact) mass is 365 g/mol. The molecule has 0 radical (unpaired) electrons. The van der Waals surface area contributed by atoms with E-state index in [1.165, 1.54) is 18.7 Å². The lowest BCUT2D eigenvalue weighted by Gasteiger charge is -2.36. The number of nitriles is 1. The van der Waals surface area contributed by atoms with E-state index < -0.39 is 0 Å².